The number of nitrogens with zero attached hydrogens (tertiary/aromatic N) is 3. The van der Waals surface area contributed by atoms with Gasteiger partial charge in [0.15, 0.2) is 0 Å². The third-order valence-electron chi connectivity index (χ3n) is 3.28. The number of aliphatic hydroxyl groups is 1. The van der Waals surface area contributed by atoms with E-state index in [-0.39, 0.29) is 12.4 Å². The summed E-state index contributed by atoms with van der Waals surface area (Å²) in [6, 6.07) is 6.31. The van der Waals surface area contributed by atoms with Crippen LogP contribution in [-0.2, 0) is 13.2 Å². The molecule has 0 amide bonds. The third-order valence-corrected chi connectivity index (χ3v) is 3.28. The van der Waals surface area contributed by atoms with E-state index >= 15 is 0 Å². The number of aromatic nitrogens is 3. The van der Waals surface area contributed by atoms with Crippen LogP contribution < -0.4 is 0 Å². The first-order chi connectivity index (χ1) is 9.76. The molecule has 1 N–H and O–H groups in total. The average Bonchev–Trinajstić information content (AvgIpc) is 2.86. The molecule has 0 aliphatic rings. The van der Waals surface area contributed by atoms with E-state index in [0.29, 0.717) is 17.0 Å². The van der Waals surface area contributed by atoms with Gasteiger partial charge in [0.05, 0.1) is 12.3 Å². The third kappa shape index (κ3) is 3.42. The zero-order chi connectivity index (χ0) is 14.4. The molecule has 0 saturated heterocycles. The molecule has 0 radical (unpaired) electrons. The summed E-state index contributed by atoms with van der Waals surface area (Å²) in [4.78, 5) is 0. The Morgan fingerprint density at radius 3 is 2.80 bits per heavy atom. The van der Waals surface area contributed by atoms with E-state index in [4.69, 9.17) is 0 Å². The number of unbranched alkanes of at least 4 members (excludes halogenated alkanes) is 3. The maximum absolute atomic E-state index is 13.4. The Balaban J connectivity index is 2.23. The van der Waals surface area contributed by atoms with Gasteiger partial charge in [0.2, 0.25) is 0 Å². The van der Waals surface area contributed by atoms with E-state index < -0.39 is 0 Å². The molecule has 0 bridgehead atoms. The van der Waals surface area contributed by atoms with Crippen LogP contribution >= 0.6 is 0 Å². The van der Waals surface area contributed by atoms with Crippen molar-refractivity contribution in [1.82, 2.24) is 15.0 Å². The van der Waals surface area contributed by atoms with Crippen molar-refractivity contribution < 1.29 is 9.50 Å². The summed E-state index contributed by atoms with van der Waals surface area (Å²) in [5, 5.41) is 17.4. The second-order valence-electron chi connectivity index (χ2n) is 4.84. The molecule has 0 unspecified atom stereocenters. The summed E-state index contributed by atoms with van der Waals surface area (Å²) in [6.07, 6.45) is 4.50. The van der Waals surface area contributed by atoms with Gasteiger partial charge in [-0.3, -0.25) is 0 Å². The Labute approximate surface area is 118 Å². The van der Waals surface area contributed by atoms with Crippen LogP contribution in [0.5, 0.6) is 0 Å². The topological polar surface area (TPSA) is 50.9 Å². The predicted octanol–water partition coefficient (Wildman–Crippen LogP) is 3.16. The summed E-state index contributed by atoms with van der Waals surface area (Å²) in [5.74, 6) is -0.301. The van der Waals surface area contributed by atoms with Crippen molar-refractivity contribution in [3.8, 4) is 11.3 Å². The molecule has 0 atom stereocenters. The lowest BCUT2D eigenvalue weighted by molar-refractivity contribution is 0.277. The van der Waals surface area contributed by atoms with Crippen LogP contribution in [0.25, 0.3) is 11.3 Å². The van der Waals surface area contributed by atoms with Gasteiger partial charge in [-0.2, -0.15) is 0 Å². The lowest BCUT2D eigenvalue weighted by Crippen LogP contribution is -2.03. The van der Waals surface area contributed by atoms with E-state index in [1.165, 1.54) is 25.0 Å². The summed E-state index contributed by atoms with van der Waals surface area (Å²) in [7, 11) is 0. The fraction of sp³-hybridized carbons (Fsp3) is 0.467. The van der Waals surface area contributed by atoms with E-state index in [1.54, 1.807) is 10.7 Å². The van der Waals surface area contributed by atoms with Crippen molar-refractivity contribution in [3.63, 3.8) is 0 Å². The molecule has 20 heavy (non-hydrogen) atoms. The number of hydrogen-bond acceptors (Lipinski definition) is 3. The van der Waals surface area contributed by atoms with Crippen molar-refractivity contribution in [2.24, 2.45) is 0 Å². The van der Waals surface area contributed by atoms with Gasteiger partial charge in [0, 0.05) is 12.1 Å². The number of hydrogen-bond donors (Lipinski definition) is 1. The van der Waals surface area contributed by atoms with E-state index in [0.717, 1.165) is 19.4 Å². The zero-order valence-corrected chi connectivity index (χ0v) is 11.7. The van der Waals surface area contributed by atoms with Crippen molar-refractivity contribution >= 4 is 0 Å². The van der Waals surface area contributed by atoms with Crippen molar-refractivity contribution in [1.29, 1.82) is 0 Å². The molecule has 0 aliphatic carbocycles. The number of halogens is 1. The van der Waals surface area contributed by atoms with Crippen LogP contribution in [0.3, 0.4) is 0 Å². The van der Waals surface area contributed by atoms with Gasteiger partial charge >= 0.3 is 0 Å². The molecule has 108 valence electrons. The monoisotopic (exact) mass is 277 g/mol. The highest BCUT2D eigenvalue weighted by Crippen LogP contribution is 2.23. The van der Waals surface area contributed by atoms with Gasteiger partial charge in [-0.15, -0.1) is 5.10 Å². The first-order valence-electron chi connectivity index (χ1n) is 7.05. The first-order valence-corrected chi connectivity index (χ1v) is 7.05. The SMILES string of the molecule is CCCCCCn1nnc(CO)c1-c1cccc(F)c1. The molecule has 5 heteroatoms. The summed E-state index contributed by atoms with van der Waals surface area (Å²) in [6.45, 7) is 2.71. The zero-order valence-electron chi connectivity index (χ0n) is 11.7. The number of benzene rings is 1. The lowest BCUT2D eigenvalue weighted by Gasteiger charge is -2.08. The van der Waals surface area contributed by atoms with Crippen LogP contribution in [0.15, 0.2) is 24.3 Å². The highest BCUT2D eigenvalue weighted by Gasteiger charge is 2.14. The van der Waals surface area contributed by atoms with Crippen LogP contribution in [0.2, 0.25) is 0 Å². The molecule has 0 saturated carbocycles. The standard InChI is InChI=1S/C15H20FN3O/c1-2-3-4-5-9-19-15(14(11-20)17-18-19)12-7-6-8-13(16)10-12/h6-8,10,20H,2-5,9,11H2,1H3. The molecule has 1 aromatic carbocycles. The highest BCUT2D eigenvalue weighted by molar-refractivity contribution is 5.61. The molecule has 0 fully saturated rings. The molecule has 4 nitrogen and oxygen atoms in total. The Hall–Kier alpha value is -1.75. The van der Waals surface area contributed by atoms with Crippen LogP contribution in [0.4, 0.5) is 4.39 Å². The van der Waals surface area contributed by atoms with E-state index in [9.17, 15) is 9.50 Å². The van der Waals surface area contributed by atoms with Gasteiger partial charge in [-0.05, 0) is 18.6 Å². The van der Waals surface area contributed by atoms with Gasteiger partial charge in [0.1, 0.15) is 11.5 Å². The maximum Gasteiger partial charge on any atom is 0.123 e. The molecule has 2 rings (SSSR count). The molecule has 1 heterocycles. The van der Waals surface area contributed by atoms with Gasteiger partial charge in [-0.25, -0.2) is 9.07 Å². The summed E-state index contributed by atoms with van der Waals surface area (Å²) >= 11 is 0. The molecular weight excluding hydrogens is 257 g/mol. The quantitative estimate of drug-likeness (QED) is 0.791. The smallest absolute Gasteiger partial charge is 0.123 e. The Kier molecular flexibility index (Phi) is 5.24. The summed E-state index contributed by atoms with van der Waals surface area (Å²) < 4.78 is 15.1. The Morgan fingerprint density at radius 2 is 2.10 bits per heavy atom. The minimum atomic E-state index is -0.301. The van der Waals surface area contributed by atoms with E-state index in [1.807, 2.05) is 6.07 Å². The normalized spacial score (nSPS) is 10.9. The second kappa shape index (κ2) is 7.14. The highest BCUT2D eigenvalue weighted by atomic mass is 19.1. The maximum atomic E-state index is 13.4. The number of aryl methyl sites for hydroxylation is 1. The number of aliphatic hydroxyl groups excluding tert-OH is 1. The van der Waals surface area contributed by atoms with Gasteiger partial charge in [0.25, 0.3) is 0 Å². The molecular formula is C15H20FN3O. The van der Waals surface area contributed by atoms with Crippen molar-refractivity contribution in [2.75, 3.05) is 0 Å². The first kappa shape index (κ1) is 14.7. The fourth-order valence-corrected chi connectivity index (χ4v) is 2.25. The largest absolute Gasteiger partial charge is 0.390 e. The van der Waals surface area contributed by atoms with Gasteiger partial charge in [-0.1, -0.05) is 43.5 Å². The van der Waals surface area contributed by atoms with Crippen LogP contribution in [0.1, 0.15) is 38.3 Å². The Bertz CT molecular complexity index is 554. The lowest BCUT2D eigenvalue weighted by atomic mass is 10.1. The van der Waals surface area contributed by atoms with Crippen molar-refractivity contribution in [3.05, 3.63) is 35.8 Å². The number of rotatable bonds is 7. The fourth-order valence-electron chi connectivity index (χ4n) is 2.25. The van der Waals surface area contributed by atoms with E-state index in [2.05, 4.69) is 17.2 Å². The molecule has 0 spiro atoms. The summed E-state index contributed by atoms with van der Waals surface area (Å²) in [5.41, 5.74) is 1.91. The molecule has 1 aromatic heterocycles. The average molecular weight is 277 g/mol. The second-order valence-corrected chi connectivity index (χ2v) is 4.84. The van der Waals surface area contributed by atoms with Crippen LogP contribution in [-0.4, -0.2) is 20.1 Å². The Morgan fingerprint density at radius 1 is 1.25 bits per heavy atom. The predicted molar refractivity (Wildman–Crippen MR) is 75.5 cm³/mol. The van der Waals surface area contributed by atoms with Crippen molar-refractivity contribution in [2.45, 2.75) is 45.8 Å². The van der Waals surface area contributed by atoms with Crippen LogP contribution in [0, 0.1) is 5.82 Å². The molecule has 2 aromatic rings. The minimum Gasteiger partial charge on any atom is -0.390 e. The minimum absolute atomic E-state index is 0.194. The van der Waals surface area contributed by atoms with Gasteiger partial charge < -0.3 is 5.11 Å². The molecule has 0 aliphatic heterocycles.